The molecule has 1 unspecified atom stereocenters. The van der Waals surface area contributed by atoms with E-state index in [0.717, 1.165) is 141 Å². The minimum absolute atomic E-state index is 0.113. The fourth-order valence-electron chi connectivity index (χ4n) is 6.48. The van der Waals surface area contributed by atoms with Gasteiger partial charge in [-0.25, -0.2) is 0 Å². The van der Waals surface area contributed by atoms with Crippen molar-refractivity contribution in [1.82, 2.24) is 0 Å². The Morgan fingerprint density at radius 1 is 0.338 bits per heavy atom. The molecule has 0 heterocycles. The number of carbonyl (C=O) groups excluding carboxylic acids is 3. The van der Waals surface area contributed by atoms with Gasteiger partial charge in [0.2, 0.25) is 0 Å². The molecule has 0 saturated heterocycles. The Bertz CT molecular complexity index is 1450. The van der Waals surface area contributed by atoms with Gasteiger partial charge in [0.05, 0.1) is 0 Å². The molecule has 6 heteroatoms. The van der Waals surface area contributed by atoms with Crippen LogP contribution in [0, 0.1) is 0 Å². The first-order chi connectivity index (χ1) is 32.0. The lowest BCUT2D eigenvalue weighted by atomic mass is 10.1. The maximum absolute atomic E-state index is 12.8. The van der Waals surface area contributed by atoms with Crippen LogP contribution in [0.4, 0.5) is 0 Å². The Morgan fingerprint density at radius 2 is 0.677 bits per heavy atom. The zero-order valence-electron chi connectivity index (χ0n) is 41.4. The SMILES string of the molecule is CC\C=C/C=C\C=C/C=C\CCCCCCCC(=O)OC(COC(=O)CCCCCC/C=C\C/C=C\C/C=C\CC)COC(=O)CCCCCCC\C=C/C=C\C=C/C=C\CCCCC. The molecule has 1 atom stereocenters. The maximum Gasteiger partial charge on any atom is 0.306 e. The minimum atomic E-state index is -0.815. The van der Waals surface area contributed by atoms with Crippen LogP contribution in [0.5, 0.6) is 0 Å². The minimum Gasteiger partial charge on any atom is -0.462 e. The molecular weight excluding hydrogens is 805 g/mol. The van der Waals surface area contributed by atoms with E-state index in [0.29, 0.717) is 12.8 Å². The lowest BCUT2D eigenvalue weighted by Gasteiger charge is -2.18. The Kier molecular flexibility index (Phi) is 48.6. The van der Waals surface area contributed by atoms with E-state index < -0.39 is 6.10 Å². The molecule has 0 amide bonds. The van der Waals surface area contributed by atoms with Gasteiger partial charge in [-0.15, -0.1) is 0 Å². The van der Waals surface area contributed by atoms with E-state index in [-0.39, 0.29) is 37.5 Å². The highest BCUT2D eigenvalue weighted by Crippen LogP contribution is 2.13. The smallest absolute Gasteiger partial charge is 0.306 e. The first kappa shape index (κ1) is 60.5. The van der Waals surface area contributed by atoms with Crippen molar-refractivity contribution >= 4 is 17.9 Å². The zero-order chi connectivity index (χ0) is 47.2. The Labute approximate surface area is 398 Å². The van der Waals surface area contributed by atoms with Crippen LogP contribution in [-0.2, 0) is 28.6 Å². The van der Waals surface area contributed by atoms with Crippen LogP contribution in [0.2, 0.25) is 0 Å². The Hall–Kier alpha value is -4.45. The van der Waals surface area contributed by atoms with Crippen molar-refractivity contribution in [2.45, 2.75) is 207 Å². The molecule has 0 radical (unpaired) electrons. The van der Waals surface area contributed by atoms with Crippen molar-refractivity contribution in [2.24, 2.45) is 0 Å². The van der Waals surface area contributed by atoms with Crippen molar-refractivity contribution in [2.75, 3.05) is 13.2 Å². The van der Waals surface area contributed by atoms with Crippen molar-refractivity contribution in [3.05, 3.63) is 134 Å². The van der Waals surface area contributed by atoms with Crippen molar-refractivity contribution in [3.63, 3.8) is 0 Å². The van der Waals surface area contributed by atoms with Crippen LogP contribution < -0.4 is 0 Å². The molecule has 0 fully saturated rings. The molecule has 0 N–H and O–H groups in total. The molecule has 364 valence electrons. The van der Waals surface area contributed by atoms with E-state index in [1.54, 1.807) is 0 Å². The van der Waals surface area contributed by atoms with Crippen LogP contribution >= 0.6 is 0 Å². The summed E-state index contributed by atoms with van der Waals surface area (Å²) >= 11 is 0. The molecule has 0 aliphatic carbocycles. The number of unbranched alkanes of at least 4 members (excludes halogenated alkanes) is 17. The highest BCUT2D eigenvalue weighted by atomic mass is 16.6. The van der Waals surface area contributed by atoms with E-state index >= 15 is 0 Å². The molecule has 0 aliphatic rings. The summed E-state index contributed by atoms with van der Waals surface area (Å²) in [6, 6.07) is 0. The van der Waals surface area contributed by atoms with Gasteiger partial charge < -0.3 is 14.2 Å². The number of hydrogen-bond acceptors (Lipinski definition) is 6. The summed E-state index contributed by atoms with van der Waals surface area (Å²) in [5.41, 5.74) is 0. The van der Waals surface area contributed by atoms with Crippen molar-refractivity contribution < 1.29 is 28.6 Å². The van der Waals surface area contributed by atoms with Gasteiger partial charge in [0.15, 0.2) is 6.10 Å². The summed E-state index contributed by atoms with van der Waals surface area (Å²) in [5, 5.41) is 0. The van der Waals surface area contributed by atoms with Gasteiger partial charge in [-0.2, -0.15) is 0 Å². The molecule has 0 spiro atoms. The van der Waals surface area contributed by atoms with E-state index in [2.05, 4.69) is 130 Å². The third kappa shape index (κ3) is 50.4. The molecular formula is C59H92O6. The summed E-state index contributed by atoms with van der Waals surface area (Å²) in [6.07, 6.45) is 72.8. The normalized spacial score (nSPS) is 13.2. The van der Waals surface area contributed by atoms with Gasteiger partial charge in [0.25, 0.3) is 0 Å². The van der Waals surface area contributed by atoms with Crippen LogP contribution in [0.1, 0.15) is 201 Å². The molecule has 0 aromatic carbocycles. The molecule has 0 aromatic heterocycles. The second-order valence-corrected chi connectivity index (χ2v) is 16.5. The van der Waals surface area contributed by atoms with Crippen LogP contribution in [-0.4, -0.2) is 37.2 Å². The van der Waals surface area contributed by atoms with E-state index in [1.165, 1.54) is 19.3 Å². The third-order valence-corrected chi connectivity index (χ3v) is 10.3. The molecule has 0 aromatic rings. The van der Waals surface area contributed by atoms with Gasteiger partial charge in [-0.3, -0.25) is 14.4 Å². The van der Waals surface area contributed by atoms with Crippen LogP contribution in [0.3, 0.4) is 0 Å². The first-order valence-corrected chi connectivity index (χ1v) is 25.8. The van der Waals surface area contributed by atoms with Gasteiger partial charge in [-0.05, 0) is 96.3 Å². The fourth-order valence-corrected chi connectivity index (χ4v) is 6.48. The van der Waals surface area contributed by atoms with E-state index in [9.17, 15) is 14.4 Å². The predicted octanol–water partition coefficient (Wildman–Crippen LogP) is 17.1. The number of allylic oxidation sites excluding steroid dienone is 22. The summed E-state index contributed by atoms with van der Waals surface area (Å²) in [7, 11) is 0. The van der Waals surface area contributed by atoms with Crippen LogP contribution in [0.25, 0.3) is 0 Å². The number of rotatable bonds is 44. The summed E-state index contributed by atoms with van der Waals surface area (Å²) in [6.45, 7) is 6.26. The molecule has 6 nitrogen and oxygen atoms in total. The zero-order valence-corrected chi connectivity index (χ0v) is 41.4. The highest BCUT2D eigenvalue weighted by Gasteiger charge is 2.19. The Balaban J connectivity index is 4.54. The van der Waals surface area contributed by atoms with E-state index in [1.807, 2.05) is 24.3 Å². The van der Waals surface area contributed by atoms with E-state index in [4.69, 9.17) is 14.2 Å². The van der Waals surface area contributed by atoms with Crippen LogP contribution in [0.15, 0.2) is 134 Å². The number of carbonyl (C=O) groups is 3. The highest BCUT2D eigenvalue weighted by molar-refractivity contribution is 5.71. The molecule has 65 heavy (non-hydrogen) atoms. The summed E-state index contributed by atoms with van der Waals surface area (Å²) in [5.74, 6) is -0.989. The van der Waals surface area contributed by atoms with Gasteiger partial charge in [0.1, 0.15) is 13.2 Å². The van der Waals surface area contributed by atoms with Gasteiger partial charge >= 0.3 is 17.9 Å². The summed E-state index contributed by atoms with van der Waals surface area (Å²) < 4.78 is 16.7. The number of hydrogen-bond donors (Lipinski definition) is 0. The van der Waals surface area contributed by atoms with Gasteiger partial charge in [-0.1, -0.05) is 219 Å². The first-order valence-electron chi connectivity index (χ1n) is 25.8. The van der Waals surface area contributed by atoms with Crippen molar-refractivity contribution in [3.8, 4) is 0 Å². The standard InChI is InChI=1S/C59H92O6/c1-4-7-10-13-16-19-22-25-28-29-30-32-34-37-40-43-46-49-52-58(61)64-55-56(54-63-57(60)51-48-45-42-39-36-33-27-24-21-18-15-12-9-6-3)65-59(62)53-50-47-44-41-38-35-31-26-23-20-17-14-11-8-5-2/h8-9,11-12,14,16-23,25-33,56H,4-7,10,13,15,24,34-55H2,1-3H3/b11-8-,12-9-,17-14-,19-16-,21-18-,23-20-,25-22-,29-28-,31-26-,32-30-,33-27-. The Morgan fingerprint density at radius 3 is 1.12 bits per heavy atom. The lowest BCUT2D eigenvalue weighted by Crippen LogP contribution is -2.30. The molecule has 0 aliphatic heterocycles. The quantitative estimate of drug-likeness (QED) is 0.0199. The van der Waals surface area contributed by atoms with Gasteiger partial charge in [0, 0.05) is 19.3 Å². The average Bonchev–Trinajstić information content (AvgIpc) is 3.30. The van der Waals surface area contributed by atoms with Crippen molar-refractivity contribution in [1.29, 1.82) is 0 Å². The molecule has 0 rings (SSSR count). The second kappa shape index (κ2) is 52.2. The summed E-state index contributed by atoms with van der Waals surface area (Å²) in [4.78, 5) is 38.0. The topological polar surface area (TPSA) is 78.9 Å². The number of ether oxygens (including phenoxy) is 3. The third-order valence-electron chi connectivity index (χ3n) is 10.3. The lowest BCUT2D eigenvalue weighted by molar-refractivity contribution is -0.167. The number of esters is 3. The largest absolute Gasteiger partial charge is 0.462 e. The predicted molar refractivity (Wildman–Crippen MR) is 279 cm³/mol. The molecule has 0 bridgehead atoms. The monoisotopic (exact) mass is 897 g/mol. The fraction of sp³-hybridized carbons (Fsp3) is 0.576. The molecule has 0 saturated carbocycles. The maximum atomic E-state index is 12.8. The second-order valence-electron chi connectivity index (χ2n) is 16.5. The average molecular weight is 897 g/mol.